The van der Waals surface area contributed by atoms with Gasteiger partial charge in [0.1, 0.15) is 5.75 Å². The Hall–Kier alpha value is -2.91. The van der Waals surface area contributed by atoms with Crippen LogP contribution in [0, 0.1) is 18.8 Å². The van der Waals surface area contributed by atoms with Gasteiger partial charge in [0.05, 0.1) is 10.5 Å². The highest BCUT2D eigenvalue weighted by atomic mass is 32.2. The minimum atomic E-state index is -3.60. The lowest BCUT2D eigenvalue weighted by Crippen LogP contribution is -2.42. The van der Waals surface area contributed by atoms with E-state index in [1.165, 1.54) is 40.7 Å². The van der Waals surface area contributed by atoms with Crippen LogP contribution in [0.2, 0.25) is 0 Å². The van der Waals surface area contributed by atoms with Crippen LogP contribution in [0.5, 0.6) is 5.75 Å². The first-order valence-corrected chi connectivity index (χ1v) is 11.9. The van der Waals surface area contributed by atoms with E-state index in [0.717, 1.165) is 6.42 Å². The molecule has 0 spiro atoms. The minimum Gasteiger partial charge on any atom is -0.508 e. The Morgan fingerprint density at radius 1 is 1.09 bits per heavy atom. The number of ether oxygens (including phenoxy) is 1. The van der Waals surface area contributed by atoms with Gasteiger partial charge in [-0.3, -0.25) is 4.79 Å². The summed E-state index contributed by atoms with van der Waals surface area (Å²) < 4.78 is 32.3. The number of piperidine rings is 1. The normalized spacial score (nSPS) is 19.3. The number of benzene rings is 2. The van der Waals surface area contributed by atoms with Crippen molar-refractivity contribution in [1.29, 1.82) is 0 Å². The smallest absolute Gasteiger partial charge is 0.338 e. The van der Waals surface area contributed by atoms with Crippen molar-refractivity contribution in [3.05, 3.63) is 53.6 Å². The maximum Gasteiger partial charge on any atom is 0.338 e. The van der Waals surface area contributed by atoms with Crippen molar-refractivity contribution in [1.82, 2.24) is 4.31 Å². The molecule has 1 fully saturated rings. The number of phenols is 1. The van der Waals surface area contributed by atoms with Crippen LogP contribution in [-0.2, 0) is 19.6 Å². The number of sulfonamides is 1. The molecule has 1 aliphatic rings. The predicted octanol–water partition coefficient (Wildman–Crippen LogP) is 3.16. The van der Waals surface area contributed by atoms with E-state index in [-0.39, 0.29) is 16.2 Å². The molecule has 0 radical (unpaired) electrons. The van der Waals surface area contributed by atoms with Crippen LogP contribution in [0.1, 0.15) is 36.2 Å². The van der Waals surface area contributed by atoms with Crippen LogP contribution >= 0.6 is 0 Å². The number of phenolic OH excluding ortho intramolecular Hbond substituents is 1. The van der Waals surface area contributed by atoms with Crippen LogP contribution < -0.4 is 5.32 Å². The molecule has 2 atom stereocenters. The molecule has 9 heteroatoms. The van der Waals surface area contributed by atoms with Gasteiger partial charge < -0.3 is 15.2 Å². The maximum absolute atomic E-state index is 12.9. The van der Waals surface area contributed by atoms with Crippen molar-refractivity contribution in [3.8, 4) is 5.75 Å². The first-order valence-electron chi connectivity index (χ1n) is 10.4. The van der Waals surface area contributed by atoms with Gasteiger partial charge in [-0.15, -0.1) is 0 Å². The third kappa shape index (κ3) is 5.66. The Balaban J connectivity index is 1.57. The molecular weight excluding hydrogens is 432 g/mol. The van der Waals surface area contributed by atoms with Gasteiger partial charge in [-0.1, -0.05) is 19.9 Å². The number of carbonyl (C=O) groups excluding carboxylic acids is 2. The van der Waals surface area contributed by atoms with Gasteiger partial charge in [-0.2, -0.15) is 4.31 Å². The molecule has 0 aliphatic carbocycles. The fraction of sp³-hybridized carbons (Fsp3) is 0.391. The van der Waals surface area contributed by atoms with Gasteiger partial charge in [0, 0.05) is 18.8 Å². The number of rotatable bonds is 6. The standard InChI is InChI=1S/C23H28N2O6S/c1-15-10-16(2)13-25(12-15)32(29,30)20-8-6-19(7-9-20)24-22(27)14-31-23(28)18-5-4-17(3)21(26)11-18/h4-9,11,15-16,26H,10,12-14H2,1-3H3,(H,24,27). The molecule has 2 aromatic rings. The highest BCUT2D eigenvalue weighted by molar-refractivity contribution is 7.89. The molecule has 0 aromatic heterocycles. The number of hydrogen-bond donors (Lipinski definition) is 2. The maximum atomic E-state index is 12.9. The average molecular weight is 461 g/mol. The van der Waals surface area contributed by atoms with Crippen LogP contribution in [0.3, 0.4) is 0 Å². The van der Waals surface area contributed by atoms with Crippen LogP contribution in [0.25, 0.3) is 0 Å². The number of hydrogen-bond acceptors (Lipinski definition) is 6. The quantitative estimate of drug-likeness (QED) is 0.641. The zero-order chi connectivity index (χ0) is 23.5. The fourth-order valence-corrected chi connectivity index (χ4v) is 5.49. The zero-order valence-corrected chi connectivity index (χ0v) is 19.2. The molecule has 2 unspecified atom stereocenters. The molecule has 1 heterocycles. The van der Waals surface area contributed by atoms with Crippen molar-refractivity contribution in [2.75, 3.05) is 25.0 Å². The SMILES string of the molecule is Cc1ccc(C(=O)OCC(=O)Nc2ccc(S(=O)(=O)N3CC(C)CC(C)C3)cc2)cc1O. The van der Waals surface area contributed by atoms with E-state index in [9.17, 15) is 23.1 Å². The number of carbonyl (C=O) groups is 2. The second-order valence-corrected chi connectivity index (χ2v) is 10.4. The summed E-state index contributed by atoms with van der Waals surface area (Å²) in [7, 11) is -3.60. The Kier molecular flexibility index (Phi) is 7.20. The second kappa shape index (κ2) is 9.70. The van der Waals surface area contributed by atoms with E-state index in [4.69, 9.17) is 4.74 Å². The molecule has 1 saturated heterocycles. The van der Waals surface area contributed by atoms with E-state index >= 15 is 0 Å². The molecule has 1 amide bonds. The van der Waals surface area contributed by atoms with Gasteiger partial charge in [0.2, 0.25) is 10.0 Å². The van der Waals surface area contributed by atoms with E-state index in [0.29, 0.717) is 36.2 Å². The fourth-order valence-electron chi connectivity index (χ4n) is 3.81. The molecule has 3 rings (SSSR count). The van der Waals surface area contributed by atoms with Crippen LogP contribution in [0.4, 0.5) is 5.69 Å². The average Bonchev–Trinajstić information content (AvgIpc) is 2.73. The van der Waals surface area contributed by atoms with E-state index in [2.05, 4.69) is 5.32 Å². The number of nitrogens with zero attached hydrogens (tertiary/aromatic N) is 1. The number of amides is 1. The monoisotopic (exact) mass is 460 g/mol. The van der Waals surface area contributed by atoms with Crippen LogP contribution in [-0.4, -0.2) is 49.4 Å². The minimum absolute atomic E-state index is 0.0348. The summed E-state index contributed by atoms with van der Waals surface area (Å²) in [5.41, 5.74) is 1.14. The molecule has 32 heavy (non-hydrogen) atoms. The van der Waals surface area contributed by atoms with Gasteiger partial charge in [0.25, 0.3) is 5.91 Å². The van der Waals surface area contributed by atoms with Crippen molar-refractivity contribution in [3.63, 3.8) is 0 Å². The highest BCUT2D eigenvalue weighted by Gasteiger charge is 2.31. The molecule has 8 nitrogen and oxygen atoms in total. The van der Waals surface area contributed by atoms with Crippen molar-refractivity contribution in [2.45, 2.75) is 32.1 Å². The van der Waals surface area contributed by atoms with Crippen molar-refractivity contribution >= 4 is 27.6 Å². The van der Waals surface area contributed by atoms with Crippen LogP contribution in [0.15, 0.2) is 47.4 Å². The molecular formula is C23H28N2O6S. The highest BCUT2D eigenvalue weighted by Crippen LogP contribution is 2.27. The molecule has 172 valence electrons. The summed E-state index contributed by atoms with van der Waals surface area (Å²) in [4.78, 5) is 24.3. The zero-order valence-electron chi connectivity index (χ0n) is 18.4. The molecule has 1 aliphatic heterocycles. The van der Waals surface area contributed by atoms with Gasteiger partial charge in [0.15, 0.2) is 6.61 Å². The molecule has 2 N–H and O–H groups in total. The Morgan fingerprint density at radius 3 is 2.31 bits per heavy atom. The van der Waals surface area contributed by atoms with E-state index < -0.39 is 28.5 Å². The third-order valence-corrected chi connectivity index (χ3v) is 7.24. The van der Waals surface area contributed by atoms with Crippen molar-refractivity contribution in [2.24, 2.45) is 11.8 Å². The largest absolute Gasteiger partial charge is 0.508 e. The Labute approximate surface area is 188 Å². The lowest BCUT2D eigenvalue weighted by Gasteiger charge is -2.34. The lowest BCUT2D eigenvalue weighted by atomic mass is 9.94. The first-order chi connectivity index (χ1) is 15.1. The number of aryl methyl sites for hydroxylation is 1. The number of aromatic hydroxyl groups is 1. The summed E-state index contributed by atoms with van der Waals surface area (Å²) in [6.45, 7) is 6.26. The summed E-state index contributed by atoms with van der Waals surface area (Å²) in [6, 6.07) is 10.3. The Morgan fingerprint density at radius 2 is 1.72 bits per heavy atom. The van der Waals surface area contributed by atoms with Gasteiger partial charge in [-0.25, -0.2) is 13.2 Å². The summed E-state index contributed by atoms with van der Waals surface area (Å²) >= 11 is 0. The summed E-state index contributed by atoms with van der Waals surface area (Å²) in [6.07, 6.45) is 1.01. The van der Waals surface area contributed by atoms with E-state index in [1.54, 1.807) is 13.0 Å². The topological polar surface area (TPSA) is 113 Å². The lowest BCUT2D eigenvalue weighted by molar-refractivity contribution is -0.119. The number of esters is 1. The third-order valence-electron chi connectivity index (χ3n) is 5.39. The van der Waals surface area contributed by atoms with Gasteiger partial charge >= 0.3 is 5.97 Å². The number of nitrogens with one attached hydrogen (secondary N) is 1. The molecule has 2 aromatic carbocycles. The van der Waals surface area contributed by atoms with Crippen molar-refractivity contribution < 1.29 is 27.9 Å². The van der Waals surface area contributed by atoms with Gasteiger partial charge in [-0.05, 0) is 67.1 Å². The second-order valence-electron chi connectivity index (χ2n) is 8.42. The first kappa shape index (κ1) is 23.7. The number of anilines is 1. The summed E-state index contributed by atoms with van der Waals surface area (Å²) in [5.74, 6) is -0.726. The Bertz CT molecular complexity index is 1090. The van der Waals surface area contributed by atoms with E-state index in [1.807, 2.05) is 13.8 Å². The summed E-state index contributed by atoms with van der Waals surface area (Å²) in [5, 5.41) is 12.2. The predicted molar refractivity (Wildman–Crippen MR) is 120 cm³/mol. The molecule has 0 saturated carbocycles. The molecule has 0 bridgehead atoms.